The van der Waals surface area contributed by atoms with E-state index in [4.69, 9.17) is 5.84 Å². The molecule has 0 saturated carbocycles. The van der Waals surface area contributed by atoms with Gasteiger partial charge in [-0.3, -0.25) is 24.7 Å². The molecule has 1 aromatic rings. The molecule has 1 aromatic carbocycles. The Morgan fingerprint density at radius 1 is 1.21 bits per heavy atom. The van der Waals surface area contributed by atoms with Gasteiger partial charge >= 0.3 is 0 Å². The molecule has 1 aliphatic rings. The summed E-state index contributed by atoms with van der Waals surface area (Å²) in [6.07, 6.45) is 0. The summed E-state index contributed by atoms with van der Waals surface area (Å²) in [6, 6.07) is 6.60. The van der Waals surface area contributed by atoms with Crippen LogP contribution in [0.5, 0.6) is 0 Å². The first kappa shape index (κ1) is 13.2. The van der Waals surface area contributed by atoms with Crippen LogP contribution in [0.1, 0.15) is 34.6 Å². The van der Waals surface area contributed by atoms with Crippen molar-refractivity contribution in [3.8, 4) is 0 Å². The summed E-state index contributed by atoms with van der Waals surface area (Å²) in [6.45, 7) is 3.24. The molecule has 0 atom stereocenters. The first-order valence-electron chi connectivity index (χ1n) is 5.85. The molecule has 6 heteroatoms. The summed E-state index contributed by atoms with van der Waals surface area (Å²) in [5, 5.41) is 0. The number of nitrogens with two attached hydrogens (primary N) is 1. The Morgan fingerprint density at radius 2 is 1.68 bits per heavy atom. The summed E-state index contributed by atoms with van der Waals surface area (Å²) in [5.41, 5.74) is 1.84. The van der Waals surface area contributed by atoms with Gasteiger partial charge in [-0.1, -0.05) is 12.1 Å². The predicted octanol–water partition coefficient (Wildman–Crippen LogP) is 0.299. The molecule has 1 aliphatic heterocycles. The Labute approximate surface area is 110 Å². The second-order valence-corrected chi connectivity index (χ2v) is 5.10. The van der Waals surface area contributed by atoms with E-state index in [1.165, 1.54) is 0 Å². The fourth-order valence-corrected chi connectivity index (χ4v) is 2.05. The number of carbonyl (C=O) groups excluding carboxylic acids is 3. The van der Waals surface area contributed by atoms with E-state index in [1.807, 2.05) is 5.43 Å². The van der Waals surface area contributed by atoms with Crippen LogP contribution < -0.4 is 11.3 Å². The molecule has 0 aromatic heterocycles. The second kappa shape index (κ2) is 4.47. The molecule has 6 nitrogen and oxygen atoms in total. The topological polar surface area (TPSA) is 92.5 Å². The Hall–Kier alpha value is -2.21. The molecule has 3 N–H and O–H groups in total. The normalized spacial score (nSPS) is 14.6. The Balaban J connectivity index is 2.28. The summed E-state index contributed by atoms with van der Waals surface area (Å²) in [7, 11) is 0. The Bertz CT molecular complexity index is 531. The lowest BCUT2D eigenvalue weighted by atomic mass is 9.92. The van der Waals surface area contributed by atoms with Gasteiger partial charge in [-0.25, -0.2) is 5.84 Å². The molecule has 0 aliphatic carbocycles. The maximum Gasteiger partial charge on any atom is 0.261 e. The highest BCUT2D eigenvalue weighted by atomic mass is 16.2. The van der Waals surface area contributed by atoms with E-state index in [9.17, 15) is 14.4 Å². The van der Waals surface area contributed by atoms with Crippen LogP contribution in [0.2, 0.25) is 0 Å². The zero-order valence-corrected chi connectivity index (χ0v) is 10.8. The van der Waals surface area contributed by atoms with Crippen LogP contribution in [-0.4, -0.2) is 29.2 Å². The standard InChI is InChI=1S/C13H15N3O3/c1-13(2,12(19)15-14)7-16-10(17)8-5-3-4-6-9(8)11(16)18/h3-6H,7,14H2,1-2H3,(H,15,19). The highest BCUT2D eigenvalue weighted by molar-refractivity contribution is 6.21. The number of amides is 3. The van der Waals surface area contributed by atoms with Gasteiger partial charge in [0.1, 0.15) is 0 Å². The monoisotopic (exact) mass is 261 g/mol. The van der Waals surface area contributed by atoms with Crippen LogP contribution in [0, 0.1) is 5.41 Å². The summed E-state index contributed by atoms with van der Waals surface area (Å²) >= 11 is 0. The van der Waals surface area contributed by atoms with Crippen molar-refractivity contribution in [1.29, 1.82) is 0 Å². The van der Waals surface area contributed by atoms with Crippen LogP contribution in [0.3, 0.4) is 0 Å². The van der Waals surface area contributed by atoms with Gasteiger partial charge in [0.25, 0.3) is 11.8 Å². The van der Waals surface area contributed by atoms with Crippen LogP contribution in [0.25, 0.3) is 0 Å². The number of benzene rings is 1. The lowest BCUT2D eigenvalue weighted by molar-refractivity contribution is -0.129. The number of fused-ring (bicyclic) bond motifs is 1. The summed E-state index contributed by atoms with van der Waals surface area (Å²) in [5.74, 6) is 3.92. The minimum absolute atomic E-state index is 0.0115. The average molecular weight is 261 g/mol. The number of imide groups is 1. The third-order valence-corrected chi connectivity index (χ3v) is 3.18. The first-order chi connectivity index (χ1) is 8.88. The smallest absolute Gasteiger partial charge is 0.261 e. The number of rotatable bonds is 3. The number of hydrazine groups is 1. The third kappa shape index (κ3) is 2.10. The van der Waals surface area contributed by atoms with Crippen molar-refractivity contribution in [2.24, 2.45) is 11.3 Å². The van der Waals surface area contributed by atoms with Gasteiger partial charge in [0.05, 0.1) is 16.5 Å². The van der Waals surface area contributed by atoms with Gasteiger partial charge in [0.15, 0.2) is 0 Å². The third-order valence-electron chi connectivity index (χ3n) is 3.18. The first-order valence-corrected chi connectivity index (χ1v) is 5.85. The van der Waals surface area contributed by atoms with Crippen LogP contribution >= 0.6 is 0 Å². The molecular formula is C13H15N3O3. The van der Waals surface area contributed by atoms with Crippen LogP contribution in [0.4, 0.5) is 0 Å². The van der Waals surface area contributed by atoms with Crippen molar-refractivity contribution in [3.63, 3.8) is 0 Å². The predicted molar refractivity (Wildman–Crippen MR) is 67.9 cm³/mol. The maximum absolute atomic E-state index is 12.1. The van der Waals surface area contributed by atoms with Gasteiger partial charge in [-0.2, -0.15) is 0 Å². The van der Waals surface area contributed by atoms with E-state index in [0.717, 1.165) is 4.90 Å². The van der Waals surface area contributed by atoms with E-state index in [2.05, 4.69) is 0 Å². The number of nitrogens with zero attached hydrogens (tertiary/aromatic N) is 1. The zero-order valence-electron chi connectivity index (χ0n) is 10.8. The van der Waals surface area contributed by atoms with Crippen molar-refractivity contribution in [3.05, 3.63) is 35.4 Å². The van der Waals surface area contributed by atoms with Gasteiger partial charge in [-0.15, -0.1) is 0 Å². The van der Waals surface area contributed by atoms with Crippen molar-refractivity contribution < 1.29 is 14.4 Å². The maximum atomic E-state index is 12.1. The number of nitrogens with one attached hydrogen (secondary N) is 1. The van der Waals surface area contributed by atoms with Crippen molar-refractivity contribution in [1.82, 2.24) is 10.3 Å². The molecule has 1 heterocycles. The number of hydrogen-bond donors (Lipinski definition) is 2. The SMILES string of the molecule is CC(C)(CN1C(=O)c2ccccc2C1=O)C(=O)NN. The van der Waals surface area contributed by atoms with E-state index in [0.29, 0.717) is 11.1 Å². The van der Waals surface area contributed by atoms with Crippen molar-refractivity contribution in [2.75, 3.05) is 6.54 Å². The van der Waals surface area contributed by atoms with E-state index >= 15 is 0 Å². The fraction of sp³-hybridized carbons (Fsp3) is 0.308. The average Bonchev–Trinajstić information content (AvgIpc) is 2.63. The molecule has 100 valence electrons. The molecule has 2 rings (SSSR count). The molecule has 0 fully saturated rings. The quantitative estimate of drug-likeness (QED) is 0.354. The Kier molecular flexibility index (Phi) is 3.11. The van der Waals surface area contributed by atoms with Gasteiger partial charge < -0.3 is 0 Å². The number of carbonyl (C=O) groups is 3. The molecule has 0 unspecified atom stereocenters. The number of hydrogen-bond acceptors (Lipinski definition) is 4. The molecular weight excluding hydrogens is 246 g/mol. The lowest BCUT2D eigenvalue weighted by Gasteiger charge is -2.27. The minimum Gasteiger partial charge on any atom is -0.294 e. The second-order valence-electron chi connectivity index (χ2n) is 5.10. The van der Waals surface area contributed by atoms with Gasteiger partial charge in [-0.05, 0) is 26.0 Å². The van der Waals surface area contributed by atoms with Crippen molar-refractivity contribution >= 4 is 17.7 Å². The van der Waals surface area contributed by atoms with E-state index in [-0.39, 0.29) is 18.4 Å². The molecule has 0 bridgehead atoms. The highest BCUT2D eigenvalue weighted by Gasteiger charge is 2.40. The molecule has 0 saturated heterocycles. The lowest BCUT2D eigenvalue weighted by Crippen LogP contribution is -2.48. The summed E-state index contributed by atoms with van der Waals surface area (Å²) in [4.78, 5) is 37.0. The van der Waals surface area contributed by atoms with E-state index < -0.39 is 11.3 Å². The Morgan fingerprint density at radius 3 is 2.11 bits per heavy atom. The van der Waals surface area contributed by atoms with Gasteiger partial charge in [0.2, 0.25) is 5.91 Å². The molecule has 19 heavy (non-hydrogen) atoms. The van der Waals surface area contributed by atoms with Crippen LogP contribution in [-0.2, 0) is 4.79 Å². The largest absolute Gasteiger partial charge is 0.294 e. The summed E-state index contributed by atoms with van der Waals surface area (Å²) < 4.78 is 0. The molecule has 0 radical (unpaired) electrons. The fourth-order valence-electron chi connectivity index (χ4n) is 2.05. The minimum atomic E-state index is -0.942. The highest BCUT2D eigenvalue weighted by Crippen LogP contribution is 2.26. The van der Waals surface area contributed by atoms with E-state index in [1.54, 1.807) is 38.1 Å². The van der Waals surface area contributed by atoms with Crippen molar-refractivity contribution in [2.45, 2.75) is 13.8 Å². The molecule has 3 amide bonds. The van der Waals surface area contributed by atoms with Crippen LogP contribution in [0.15, 0.2) is 24.3 Å². The van der Waals surface area contributed by atoms with Gasteiger partial charge in [0, 0.05) is 6.54 Å². The molecule has 0 spiro atoms. The zero-order chi connectivity index (χ0) is 14.2.